The van der Waals surface area contributed by atoms with E-state index < -0.39 is 5.60 Å². The molecule has 0 aromatic heterocycles. The molecule has 0 unspecified atom stereocenters. The Morgan fingerprint density at radius 1 is 1.38 bits per heavy atom. The molecule has 0 aliphatic rings. The zero-order chi connectivity index (χ0) is 9.90. The number of hydrogen-bond donors (Lipinski definition) is 1. The van der Waals surface area contributed by atoms with Crippen LogP contribution in [0.1, 0.15) is 25.0 Å². The van der Waals surface area contributed by atoms with Gasteiger partial charge in [-0.25, -0.2) is 0 Å². The van der Waals surface area contributed by atoms with Crippen molar-refractivity contribution in [3.05, 3.63) is 47.7 Å². The molecular formula is C12H14O. The summed E-state index contributed by atoms with van der Waals surface area (Å²) in [5, 5.41) is 9.83. The van der Waals surface area contributed by atoms with Gasteiger partial charge in [-0.1, -0.05) is 30.8 Å². The van der Waals surface area contributed by atoms with Gasteiger partial charge in [0.05, 0.1) is 5.60 Å². The van der Waals surface area contributed by atoms with Crippen molar-refractivity contribution in [2.24, 2.45) is 0 Å². The summed E-state index contributed by atoms with van der Waals surface area (Å²) in [7, 11) is 0. The Kier molecular flexibility index (Phi) is 2.72. The van der Waals surface area contributed by atoms with Gasteiger partial charge in [-0.2, -0.15) is 0 Å². The van der Waals surface area contributed by atoms with E-state index >= 15 is 0 Å². The van der Waals surface area contributed by atoms with Crippen molar-refractivity contribution in [2.75, 3.05) is 0 Å². The van der Waals surface area contributed by atoms with Crippen LogP contribution < -0.4 is 0 Å². The van der Waals surface area contributed by atoms with Gasteiger partial charge in [-0.15, -0.1) is 5.73 Å². The fourth-order valence-corrected chi connectivity index (χ4v) is 1.29. The topological polar surface area (TPSA) is 20.2 Å². The molecule has 0 aliphatic heterocycles. The highest BCUT2D eigenvalue weighted by molar-refractivity contribution is 5.54. The van der Waals surface area contributed by atoms with Crippen LogP contribution in [0, 0.1) is 0 Å². The minimum absolute atomic E-state index is 0.816. The van der Waals surface area contributed by atoms with Crippen LogP contribution in [0.3, 0.4) is 0 Å². The van der Waals surface area contributed by atoms with Gasteiger partial charge in [0.25, 0.3) is 0 Å². The zero-order valence-electron chi connectivity index (χ0n) is 8.04. The van der Waals surface area contributed by atoms with Crippen molar-refractivity contribution < 1.29 is 5.11 Å². The predicted molar refractivity (Wildman–Crippen MR) is 55.3 cm³/mol. The second-order valence-electron chi connectivity index (χ2n) is 3.49. The average molecular weight is 174 g/mol. The maximum absolute atomic E-state index is 9.83. The minimum Gasteiger partial charge on any atom is -0.386 e. The Bertz CT molecular complexity index is 338. The van der Waals surface area contributed by atoms with E-state index in [2.05, 4.69) is 12.3 Å². The molecule has 1 rings (SSSR count). The molecule has 68 valence electrons. The molecule has 1 heteroatoms. The van der Waals surface area contributed by atoms with Gasteiger partial charge in [0.15, 0.2) is 0 Å². The van der Waals surface area contributed by atoms with E-state index in [1.807, 2.05) is 24.3 Å². The van der Waals surface area contributed by atoms with Crippen LogP contribution >= 0.6 is 0 Å². The monoisotopic (exact) mass is 174 g/mol. The van der Waals surface area contributed by atoms with Crippen molar-refractivity contribution in [1.82, 2.24) is 0 Å². The summed E-state index contributed by atoms with van der Waals surface area (Å²) in [4.78, 5) is 0. The Hall–Kier alpha value is -1.30. The molecule has 0 heterocycles. The van der Waals surface area contributed by atoms with Crippen molar-refractivity contribution in [3.8, 4) is 0 Å². The first-order valence-electron chi connectivity index (χ1n) is 4.23. The van der Waals surface area contributed by atoms with Crippen LogP contribution in [0.4, 0.5) is 0 Å². The Morgan fingerprint density at radius 3 is 2.54 bits per heavy atom. The van der Waals surface area contributed by atoms with E-state index in [4.69, 9.17) is 0 Å². The third kappa shape index (κ3) is 2.32. The molecule has 0 saturated carbocycles. The first kappa shape index (κ1) is 9.79. The maximum atomic E-state index is 9.83. The molecule has 0 fully saturated rings. The van der Waals surface area contributed by atoms with E-state index in [9.17, 15) is 5.11 Å². The van der Waals surface area contributed by atoms with Gasteiger partial charge in [-0.05, 0) is 31.1 Å². The van der Waals surface area contributed by atoms with Crippen molar-refractivity contribution >= 4 is 6.08 Å². The number of aliphatic hydroxyl groups is 1. The van der Waals surface area contributed by atoms with Gasteiger partial charge < -0.3 is 5.11 Å². The summed E-state index contributed by atoms with van der Waals surface area (Å²) in [6.07, 6.45) is 1.77. The lowest BCUT2D eigenvalue weighted by molar-refractivity contribution is 0.0784. The number of hydrogen-bond acceptors (Lipinski definition) is 1. The molecule has 13 heavy (non-hydrogen) atoms. The zero-order valence-corrected chi connectivity index (χ0v) is 8.04. The Balaban J connectivity index is 3.27. The lowest BCUT2D eigenvalue weighted by Gasteiger charge is -2.19. The second-order valence-corrected chi connectivity index (χ2v) is 3.49. The van der Waals surface area contributed by atoms with Crippen LogP contribution in [0.2, 0.25) is 0 Å². The molecule has 0 atom stereocenters. The molecule has 0 aliphatic carbocycles. The first-order chi connectivity index (χ1) is 6.05. The van der Waals surface area contributed by atoms with Crippen molar-refractivity contribution in [2.45, 2.75) is 19.4 Å². The molecule has 0 amide bonds. The fourth-order valence-electron chi connectivity index (χ4n) is 1.29. The lowest BCUT2D eigenvalue weighted by Crippen LogP contribution is -2.16. The number of benzene rings is 1. The molecule has 0 bridgehead atoms. The largest absolute Gasteiger partial charge is 0.386 e. The standard InChI is InChI=1S/C12H14O/c1-4-7-10-8-5-6-9-11(10)12(2,3)13/h5-9,13H,1H2,2-3H3. The summed E-state index contributed by atoms with van der Waals surface area (Å²) in [5.74, 6) is 0. The second kappa shape index (κ2) is 3.61. The van der Waals surface area contributed by atoms with Gasteiger partial charge >= 0.3 is 0 Å². The van der Waals surface area contributed by atoms with Gasteiger partial charge in [0.2, 0.25) is 0 Å². The smallest absolute Gasteiger partial charge is 0.0846 e. The Labute approximate surface area is 79.0 Å². The van der Waals surface area contributed by atoms with Gasteiger partial charge in [-0.3, -0.25) is 0 Å². The summed E-state index contributed by atoms with van der Waals surface area (Å²) >= 11 is 0. The van der Waals surface area contributed by atoms with E-state index in [-0.39, 0.29) is 0 Å². The van der Waals surface area contributed by atoms with E-state index in [1.165, 1.54) is 0 Å². The molecule has 0 saturated heterocycles. The van der Waals surface area contributed by atoms with E-state index in [0.29, 0.717) is 0 Å². The van der Waals surface area contributed by atoms with Crippen molar-refractivity contribution in [3.63, 3.8) is 0 Å². The van der Waals surface area contributed by atoms with Crippen molar-refractivity contribution in [1.29, 1.82) is 0 Å². The molecular weight excluding hydrogens is 160 g/mol. The third-order valence-electron chi connectivity index (χ3n) is 1.88. The molecule has 1 nitrogen and oxygen atoms in total. The number of rotatable bonds is 2. The highest BCUT2D eigenvalue weighted by atomic mass is 16.3. The summed E-state index contributed by atoms with van der Waals surface area (Å²) in [6.45, 7) is 7.05. The Morgan fingerprint density at radius 2 is 2.00 bits per heavy atom. The first-order valence-corrected chi connectivity index (χ1v) is 4.23. The predicted octanol–water partition coefficient (Wildman–Crippen LogP) is 2.71. The minimum atomic E-state index is -0.816. The average Bonchev–Trinajstić information content (AvgIpc) is 2.04. The van der Waals surface area contributed by atoms with Crippen LogP contribution in [0.15, 0.2) is 36.6 Å². The SMILES string of the molecule is C=C=Cc1ccccc1C(C)(C)O. The quantitative estimate of drug-likeness (QED) is 0.683. The molecule has 1 N–H and O–H groups in total. The van der Waals surface area contributed by atoms with E-state index in [1.54, 1.807) is 19.9 Å². The summed E-state index contributed by atoms with van der Waals surface area (Å²) in [6, 6.07) is 7.68. The lowest BCUT2D eigenvalue weighted by atomic mass is 9.93. The fraction of sp³-hybridized carbons (Fsp3) is 0.250. The third-order valence-corrected chi connectivity index (χ3v) is 1.88. The molecule has 1 aromatic carbocycles. The van der Waals surface area contributed by atoms with Crippen LogP contribution in [-0.4, -0.2) is 5.11 Å². The van der Waals surface area contributed by atoms with Crippen LogP contribution in [0.5, 0.6) is 0 Å². The highest BCUT2D eigenvalue weighted by Crippen LogP contribution is 2.23. The van der Waals surface area contributed by atoms with E-state index in [0.717, 1.165) is 11.1 Å². The molecule has 1 aromatic rings. The normalized spacial score (nSPS) is 10.7. The van der Waals surface area contributed by atoms with Crippen LogP contribution in [-0.2, 0) is 5.60 Å². The van der Waals surface area contributed by atoms with Crippen LogP contribution in [0.25, 0.3) is 6.08 Å². The summed E-state index contributed by atoms with van der Waals surface area (Å²) in [5.41, 5.74) is 3.75. The van der Waals surface area contributed by atoms with Gasteiger partial charge in [0, 0.05) is 0 Å². The molecule has 0 spiro atoms. The summed E-state index contributed by atoms with van der Waals surface area (Å²) < 4.78 is 0. The highest BCUT2D eigenvalue weighted by Gasteiger charge is 2.17. The molecule has 0 radical (unpaired) electrons. The van der Waals surface area contributed by atoms with Gasteiger partial charge in [0.1, 0.15) is 0 Å². The maximum Gasteiger partial charge on any atom is 0.0846 e.